The molecule has 1 amide bonds. The van der Waals surface area contributed by atoms with E-state index in [1.54, 1.807) is 11.7 Å². The second-order valence-electron chi connectivity index (χ2n) is 5.65. The van der Waals surface area contributed by atoms with E-state index in [4.69, 9.17) is 4.74 Å². The Morgan fingerprint density at radius 2 is 1.96 bits per heavy atom. The van der Waals surface area contributed by atoms with Crippen LogP contribution in [0.4, 0.5) is 4.39 Å². The highest BCUT2D eigenvalue weighted by Crippen LogP contribution is 2.14. The summed E-state index contributed by atoms with van der Waals surface area (Å²) in [5, 5.41) is 16.0. The molecule has 1 aromatic heterocycles. The van der Waals surface area contributed by atoms with Crippen LogP contribution in [0.25, 0.3) is 0 Å². The van der Waals surface area contributed by atoms with Crippen LogP contribution in [-0.2, 0) is 23.1 Å². The molecule has 0 saturated heterocycles. The number of aromatic nitrogens is 2. The average molecular weight is 349 g/mol. The molecule has 2 rings (SSSR count). The first-order valence-corrected chi connectivity index (χ1v) is 7.68. The minimum absolute atomic E-state index is 0.106. The van der Waals surface area contributed by atoms with Gasteiger partial charge in [-0.3, -0.25) is 9.48 Å². The van der Waals surface area contributed by atoms with Gasteiger partial charge in [-0.15, -0.1) is 0 Å². The fourth-order valence-electron chi connectivity index (χ4n) is 2.36. The monoisotopic (exact) mass is 349 g/mol. The Morgan fingerprint density at radius 3 is 2.48 bits per heavy atom. The van der Waals surface area contributed by atoms with E-state index in [1.165, 1.54) is 24.3 Å². The maximum atomic E-state index is 12.9. The van der Waals surface area contributed by atoms with Gasteiger partial charge < -0.3 is 15.2 Å². The van der Waals surface area contributed by atoms with Crippen LogP contribution in [0.2, 0.25) is 0 Å². The molecule has 1 heterocycles. The van der Waals surface area contributed by atoms with Gasteiger partial charge in [-0.05, 0) is 38.1 Å². The molecule has 7 nitrogen and oxygen atoms in total. The Bertz CT molecular complexity index is 771. The number of hydrogen-bond donors (Lipinski definition) is 2. The average Bonchev–Trinajstić information content (AvgIpc) is 2.79. The van der Waals surface area contributed by atoms with Gasteiger partial charge in [0.15, 0.2) is 0 Å². The zero-order valence-electron chi connectivity index (χ0n) is 14.2. The minimum atomic E-state index is -1.27. The summed E-state index contributed by atoms with van der Waals surface area (Å²) in [6.07, 6.45) is -1.17. The Hall–Kier alpha value is -2.90. The van der Waals surface area contributed by atoms with Crippen molar-refractivity contribution in [2.24, 2.45) is 7.05 Å². The topological polar surface area (TPSA) is 93.5 Å². The van der Waals surface area contributed by atoms with Gasteiger partial charge in [0, 0.05) is 18.3 Å². The second kappa shape index (κ2) is 7.78. The zero-order chi connectivity index (χ0) is 18.6. The highest BCUT2D eigenvalue weighted by Gasteiger charge is 2.21. The quantitative estimate of drug-likeness (QED) is 0.787. The predicted octanol–water partition coefficient (Wildman–Crippen LogP) is 1.37. The van der Waals surface area contributed by atoms with E-state index in [1.807, 2.05) is 13.8 Å². The summed E-state index contributed by atoms with van der Waals surface area (Å²) in [6, 6.07) is 4.99. The second-order valence-corrected chi connectivity index (χ2v) is 5.65. The molecule has 1 atom stereocenters. The maximum absolute atomic E-state index is 12.9. The molecule has 1 aromatic carbocycles. The number of amides is 1. The third-order valence-corrected chi connectivity index (χ3v) is 3.85. The lowest BCUT2D eigenvalue weighted by molar-refractivity contribution is -0.145. The van der Waals surface area contributed by atoms with Gasteiger partial charge in [-0.1, -0.05) is 0 Å². The van der Waals surface area contributed by atoms with Crippen molar-refractivity contribution in [1.29, 1.82) is 0 Å². The van der Waals surface area contributed by atoms with E-state index >= 15 is 0 Å². The van der Waals surface area contributed by atoms with Gasteiger partial charge in [-0.2, -0.15) is 5.10 Å². The number of carbonyl (C=O) groups excluding carboxylic acids is 1. The highest BCUT2D eigenvalue weighted by molar-refractivity contribution is 5.80. The third kappa shape index (κ3) is 4.79. The number of carboxylic acids is 1. The number of carboxylic acid groups (broad SMARTS) is 1. The van der Waals surface area contributed by atoms with Crippen molar-refractivity contribution in [3.63, 3.8) is 0 Å². The number of carbonyl (C=O) groups is 2. The van der Waals surface area contributed by atoms with E-state index < -0.39 is 17.9 Å². The number of nitrogens with zero attached hydrogens (tertiary/aromatic N) is 2. The molecule has 0 spiro atoms. The summed E-state index contributed by atoms with van der Waals surface area (Å²) in [6.45, 7) is 3.47. The maximum Gasteiger partial charge on any atom is 0.346 e. The fourth-order valence-corrected chi connectivity index (χ4v) is 2.36. The van der Waals surface area contributed by atoms with Gasteiger partial charge >= 0.3 is 5.97 Å². The standard InChI is InChI=1S/C17H20FN3O4/c1-10-14(11(2)21(3)20-10)8-16(22)19-9-15(17(23)24)25-13-6-4-12(18)5-7-13/h4-7,15H,8-9H2,1-3H3,(H,19,22)(H,23,24). The van der Waals surface area contributed by atoms with Crippen LogP contribution >= 0.6 is 0 Å². The van der Waals surface area contributed by atoms with Crippen molar-refractivity contribution >= 4 is 11.9 Å². The summed E-state index contributed by atoms with van der Waals surface area (Å²) >= 11 is 0. The molecule has 2 aromatic rings. The van der Waals surface area contributed by atoms with Crippen LogP contribution < -0.4 is 10.1 Å². The summed E-state index contributed by atoms with van der Waals surface area (Å²) < 4.78 is 19.9. The van der Waals surface area contributed by atoms with Gasteiger partial charge in [-0.25, -0.2) is 9.18 Å². The molecular formula is C17H20FN3O4. The lowest BCUT2D eigenvalue weighted by Gasteiger charge is -2.16. The Balaban J connectivity index is 1.95. The summed E-state index contributed by atoms with van der Waals surface area (Å²) in [4.78, 5) is 23.4. The number of nitrogens with one attached hydrogen (secondary N) is 1. The van der Waals surface area contributed by atoms with Crippen molar-refractivity contribution in [3.05, 3.63) is 47.0 Å². The molecular weight excluding hydrogens is 329 g/mol. The number of ether oxygens (including phenoxy) is 1. The summed E-state index contributed by atoms with van der Waals surface area (Å²) in [5.74, 6) is -1.79. The Morgan fingerprint density at radius 1 is 1.32 bits per heavy atom. The smallest absolute Gasteiger partial charge is 0.346 e. The molecule has 25 heavy (non-hydrogen) atoms. The fraction of sp³-hybridized carbons (Fsp3) is 0.353. The first kappa shape index (κ1) is 18.4. The van der Waals surface area contributed by atoms with Gasteiger partial charge in [0.1, 0.15) is 11.6 Å². The van der Waals surface area contributed by atoms with Crippen LogP contribution in [0.3, 0.4) is 0 Å². The van der Waals surface area contributed by atoms with Crippen molar-refractivity contribution in [1.82, 2.24) is 15.1 Å². The number of hydrogen-bond acceptors (Lipinski definition) is 4. The number of aryl methyl sites for hydroxylation is 2. The normalized spacial score (nSPS) is 11.8. The lowest BCUT2D eigenvalue weighted by Crippen LogP contribution is -2.41. The molecule has 134 valence electrons. The van der Waals surface area contributed by atoms with Crippen LogP contribution in [0.1, 0.15) is 17.0 Å². The molecule has 0 radical (unpaired) electrons. The van der Waals surface area contributed by atoms with Crippen LogP contribution in [0.5, 0.6) is 5.75 Å². The van der Waals surface area contributed by atoms with Crippen molar-refractivity contribution in [2.75, 3.05) is 6.54 Å². The first-order valence-electron chi connectivity index (χ1n) is 7.68. The van der Waals surface area contributed by atoms with Crippen LogP contribution in [-0.4, -0.2) is 39.4 Å². The zero-order valence-corrected chi connectivity index (χ0v) is 14.2. The minimum Gasteiger partial charge on any atom is -0.478 e. The van der Waals surface area contributed by atoms with Gasteiger partial charge in [0.25, 0.3) is 0 Å². The van der Waals surface area contributed by atoms with Gasteiger partial charge in [0.2, 0.25) is 12.0 Å². The van der Waals surface area contributed by atoms with E-state index in [9.17, 15) is 19.1 Å². The number of benzene rings is 1. The first-order chi connectivity index (χ1) is 11.8. The molecule has 8 heteroatoms. The lowest BCUT2D eigenvalue weighted by atomic mass is 10.1. The molecule has 0 aliphatic heterocycles. The third-order valence-electron chi connectivity index (χ3n) is 3.85. The van der Waals surface area contributed by atoms with Crippen molar-refractivity contribution in [2.45, 2.75) is 26.4 Å². The molecule has 0 fully saturated rings. The predicted molar refractivity (Wildman–Crippen MR) is 87.8 cm³/mol. The molecule has 0 aliphatic rings. The largest absolute Gasteiger partial charge is 0.478 e. The van der Waals surface area contributed by atoms with Crippen molar-refractivity contribution in [3.8, 4) is 5.75 Å². The number of aliphatic carboxylic acids is 1. The van der Waals surface area contributed by atoms with E-state index in [2.05, 4.69) is 10.4 Å². The highest BCUT2D eigenvalue weighted by atomic mass is 19.1. The summed E-state index contributed by atoms with van der Waals surface area (Å²) in [5.41, 5.74) is 2.45. The van der Waals surface area contributed by atoms with Crippen LogP contribution in [0.15, 0.2) is 24.3 Å². The molecule has 0 saturated carbocycles. The molecule has 1 unspecified atom stereocenters. The number of rotatable bonds is 7. The summed E-state index contributed by atoms with van der Waals surface area (Å²) in [7, 11) is 1.79. The van der Waals surface area contributed by atoms with E-state index in [0.717, 1.165) is 17.0 Å². The van der Waals surface area contributed by atoms with Crippen molar-refractivity contribution < 1.29 is 23.8 Å². The van der Waals surface area contributed by atoms with E-state index in [-0.39, 0.29) is 24.6 Å². The molecule has 2 N–H and O–H groups in total. The Kier molecular flexibility index (Phi) is 5.74. The molecule has 0 aliphatic carbocycles. The van der Waals surface area contributed by atoms with Crippen LogP contribution in [0, 0.1) is 19.7 Å². The Labute approximate surface area is 144 Å². The van der Waals surface area contributed by atoms with Gasteiger partial charge in [0.05, 0.1) is 18.7 Å². The van der Waals surface area contributed by atoms with E-state index in [0.29, 0.717) is 0 Å². The SMILES string of the molecule is Cc1nn(C)c(C)c1CC(=O)NCC(Oc1ccc(F)cc1)C(=O)O. The molecule has 0 bridgehead atoms. The number of halogens is 1.